The second kappa shape index (κ2) is 5.22. The molecule has 3 heteroatoms. The van der Waals surface area contributed by atoms with Gasteiger partial charge in [0.1, 0.15) is 0 Å². The van der Waals surface area contributed by atoms with Crippen molar-refractivity contribution >= 4 is 11.3 Å². The van der Waals surface area contributed by atoms with Crippen molar-refractivity contribution in [3.8, 4) is 0 Å². The van der Waals surface area contributed by atoms with Crippen LogP contribution < -0.4 is 5.73 Å². The van der Waals surface area contributed by atoms with Crippen molar-refractivity contribution in [2.45, 2.75) is 26.1 Å². The van der Waals surface area contributed by atoms with E-state index < -0.39 is 0 Å². The maximum atomic E-state index is 5.80. The molecule has 0 saturated carbocycles. The molecule has 2 nitrogen and oxygen atoms in total. The van der Waals surface area contributed by atoms with E-state index in [-0.39, 0.29) is 0 Å². The Bertz CT molecular complexity index is 533. The van der Waals surface area contributed by atoms with Gasteiger partial charge in [0.25, 0.3) is 0 Å². The molecule has 0 spiro atoms. The summed E-state index contributed by atoms with van der Waals surface area (Å²) in [5, 5.41) is 2.21. The lowest BCUT2D eigenvalue weighted by molar-refractivity contribution is 0.247. The third kappa shape index (κ3) is 2.34. The maximum absolute atomic E-state index is 5.80. The van der Waals surface area contributed by atoms with Gasteiger partial charge in [0, 0.05) is 31.1 Å². The standard InChI is InChI=1S/C15H18N2S/c16-9-12-3-1-2-4-13(12)10-17-7-5-15-14(11-17)6-8-18-15/h1-4,6,8H,5,7,9-11,16H2. The van der Waals surface area contributed by atoms with Gasteiger partial charge >= 0.3 is 0 Å². The number of rotatable bonds is 3. The fourth-order valence-electron chi connectivity index (χ4n) is 2.59. The van der Waals surface area contributed by atoms with Crippen LogP contribution >= 0.6 is 11.3 Å². The molecule has 0 bridgehead atoms. The van der Waals surface area contributed by atoms with Gasteiger partial charge < -0.3 is 5.73 Å². The molecule has 0 fully saturated rings. The van der Waals surface area contributed by atoms with Gasteiger partial charge in [0.15, 0.2) is 0 Å². The molecule has 2 aromatic rings. The minimum atomic E-state index is 0.633. The van der Waals surface area contributed by atoms with Crippen molar-refractivity contribution in [2.24, 2.45) is 5.73 Å². The number of fused-ring (bicyclic) bond motifs is 1. The van der Waals surface area contributed by atoms with Crippen LogP contribution in [0.3, 0.4) is 0 Å². The predicted molar refractivity (Wildman–Crippen MR) is 76.5 cm³/mol. The zero-order valence-corrected chi connectivity index (χ0v) is 11.2. The molecule has 0 amide bonds. The minimum absolute atomic E-state index is 0.633. The van der Waals surface area contributed by atoms with Crippen LogP contribution in [0.5, 0.6) is 0 Å². The molecule has 18 heavy (non-hydrogen) atoms. The average molecular weight is 258 g/mol. The molecule has 1 aliphatic heterocycles. The highest BCUT2D eigenvalue weighted by molar-refractivity contribution is 7.10. The lowest BCUT2D eigenvalue weighted by Gasteiger charge is -2.27. The van der Waals surface area contributed by atoms with Gasteiger partial charge in [0.2, 0.25) is 0 Å². The van der Waals surface area contributed by atoms with Gasteiger partial charge in [-0.2, -0.15) is 0 Å². The molecule has 1 aliphatic rings. The average Bonchev–Trinajstić information content (AvgIpc) is 2.87. The summed E-state index contributed by atoms with van der Waals surface area (Å²) in [5.74, 6) is 0. The van der Waals surface area contributed by atoms with Crippen LogP contribution in [0.15, 0.2) is 35.7 Å². The van der Waals surface area contributed by atoms with Crippen LogP contribution in [0, 0.1) is 0 Å². The number of hydrogen-bond acceptors (Lipinski definition) is 3. The first-order chi connectivity index (χ1) is 8.86. The number of benzene rings is 1. The first-order valence-corrected chi connectivity index (χ1v) is 7.29. The van der Waals surface area contributed by atoms with Crippen molar-refractivity contribution in [3.05, 3.63) is 57.3 Å². The molecule has 1 aromatic carbocycles. The molecule has 0 radical (unpaired) electrons. The van der Waals surface area contributed by atoms with E-state index in [9.17, 15) is 0 Å². The van der Waals surface area contributed by atoms with Crippen molar-refractivity contribution in [2.75, 3.05) is 6.54 Å². The number of nitrogens with zero attached hydrogens (tertiary/aromatic N) is 1. The van der Waals surface area contributed by atoms with Crippen molar-refractivity contribution in [3.63, 3.8) is 0 Å². The van der Waals surface area contributed by atoms with Crippen LogP contribution in [0.1, 0.15) is 21.6 Å². The van der Waals surface area contributed by atoms with Crippen molar-refractivity contribution in [1.82, 2.24) is 4.90 Å². The van der Waals surface area contributed by atoms with E-state index in [1.165, 1.54) is 23.1 Å². The summed E-state index contributed by atoms with van der Waals surface area (Å²) in [4.78, 5) is 4.09. The van der Waals surface area contributed by atoms with Crippen LogP contribution in [0.25, 0.3) is 0 Å². The topological polar surface area (TPSA) is 29.3 Å². The van der Waals surface area contributed by atoms with Gasteiger partial charge in [0.05, 0.1) is 0 Å². The quantitative estimate of drug-likeness (QED) is 0.917. The summed E-state index contributed by atoms with van der Waals surface area (Å²) in [6, 6.07) is 10.8. The van der Waals surface area contributed by atoms with E-state index in [0.717, 1.165) is 19.6 Å². The fourth-order valence-corrected chi connectivity index (χ4v) is 3.48. The van der Waals surface area contributed by atoms with Crippen LogP contribution in [0.2, 0.25) is 0 Å². The molecule has 94 valence electrons. The predicted octanol–water partition coefficient (Wildman–Crippen LogP) is 2.77. The summed E-state index contributed by atoms with van der Waals surface area (Å²) in [6.45, 7) is 3.89. The Kier molecular flexibility index (Phi) is 3.46. The van der Waals surface area contributed by atoms with Gasteiger partial charge in [-0.25, -0.2) is 0 Å². The summed E-state index contributed by atoms with van der Waals surface area (Å²) in [7, 11) is 0. The lowest BCUT2D eigenvalue weighted by Crippen LogP contribution is -2.29. The molecule has 0 saturated heterocycles. The molecular formula is C15H18N2S. The lowest BCUT2D eigenvalue weighted by atomic mass is 10.0. The Morgan fingerprint density at radius 2 is 2.00 bits per heavy atom. The third-order valence-electron chi connectivity index (χ3n) is 3.62. The SMILES string of the molecule is NCc1ccccc1CN1CCc2sccc2C1. The number of nitrogens with two attached hydrogens (primary N) is 1. The highest BCUT2D eigenvalue weighted by Crippen LogP contribution is 2.25. The van der Waals surface area contributed by atoms with E-state index >= 15 is 0 Å². The normalized spacial score (nSPS) is 15.6. The largest absolute Gasteiger partial charge is 0.326 e. The zero-order chi connectivity index (χ0) is 12.4. The summed E-state index contributed by atoms with van der Waals surface area (Å²) < 4.78 is 0. The van der Waals surface area contributed by atoms with Crippen molar-refractivity contribution in [1.29, 1.82) is 0 Å². The Balaban J connectivity index is 1.74. The van der Waals surface area contributed by atoms with Crippen LogP contribution in [-0.4, -0.2) is 11.4 Å². The second-order valence-electron chi connectivity index (χ2n) is 4.80. The molecule has 0 aliphatic carbocycles. The Labute approximate surface area is 112 Å². The fraction of sp³-hybridized carbons (Fsp3) is 0.333. The Hall–Kier alpha value is -1.16. The third-order valence-corrected chi connectivity index (χ3v) is 4.64. The first kappa shape index (κ1) is 11.9. The summed E-state index contributed by atoms with van der Waals surface area (Å²) in [5.41, 5.74) is 9.96. The van der Waals surface area contributed by atoms with E-state index in [2.05, 4.69) is 40.6 Å². The molecule has 0 atom stereocenters. The van der Waals surface area contributed by atoms with Gasteiger partial charge in [-0.15, -0.1) is 11.3 Å². The number of hydrogen-bond donors (Lipinski definition) is 1. The monoisotopic (exact) mass is 258 g/mol. The van der Waals surface area contributed by atoms with E-state index in [0.29, 0.717) is 6.54 Å². The smallest absolute Gasteiger partial charge is 0.0248 e. The molecule has 0 unspecified atom stereocenters. The van der Waals surface area contributed by atoms with E-state index in [1.54, 1.807) is 4.88 Å². The van der Waals surface area contributed by atoms with E-state index in [4.69, 9.17) is 5.73 Å². The Morgan fingerprint density at radius 1 is 1.17 bits per heavy atom. The summed E-state index contributed by atoms with van der Waals surface area (Å²) >= 11 is 1.89. The maximum Gasteiger partial charge on any atom is 0.0248 e. The van der Waals surface area contributed by atoms with Gasteiger partial charge in [-0.1, -0.05) is 24.3 Å². The van der Waals surface area contributed by atoms with Crippen LogP contribution in [0.4, 0.5) is 0 Å². The van der Waals surface area contributed by atoms with Crippen molar-refractivity contribution < 1.29 is 0 Å². The van der Waals surface area contributed by atoms with Gasteiger partial charge in [-0.3, -0.25) is 4.90 Å². The number of thiophene rings is 1. The van der Waals surface area contributed by atoms with Crippen LogP contribution in [-0.2, 0) is 26.1 Å². The molecular weight excluding hydrogens is 240 g/mol. The van der Waals surface area contributed by atoms with E-state index in [1.807, 2.05) is 11.3 Å². The highest BCUT2D eigenvalue weighted by Gasteiger charge is 2.17. The highest BCUT2D eigenvalue weighted by atomic mass is 32.1. The Morgan fingerprint density at radius 3 is 2.83 bits per heavy atom. The second-order valence-corrected chi connectivity index (χ2v) is 5.80. The minimum Gasteiger partial charge on any atom is -0.326 e. The van der Waals surface area contributed by atoms with Gasteiger partial charge in [-0.05, 0) is 34.6 Å². The first-order valence-electron chi connectivity index (χ1n) is 6.41. The summed E-state index contributed by atoms with van der Waals surface area (Å²) in [6.07, 6.45) is 1.19. The zero-order valence-electron chi connectivity index (χ0n) is 10.4. The molecule has 2 N–H and O–H groups in total. The molecule has 1 aromatic heterocycles. The molecule has 2 heterocycles. The molecule has 3 rings (SSSR count).